The number of fused-ring (bicyclic) bond motifs is 1. The van der Waals surface area contributed by atoms with Gasteiger partial charge in [-0.1, -0.05) is 72.0 Å². The van der Waals surface area contributed by atoms with Crippen molar-refractivity contribution in [1.82, 2.24) is 14.8 Å². The summed E-state index contributed by atoms with van der Waals surface area (Å²) >= 11 is 1.38. The quantitative estimate of drug-likeness (QED) is 0.455. The zero-order valence-electron chi connectivity index (χ0n) is 19.0. The van der Waals surface area contributed by atoms with Crippen LogP contribution >= 0.6 is 11.3 Å². The van der Waals surface area contributed by atoms with E-state index in [-0.39, 0.29) is 17.9 Å². The van der Waals surface area contributed by atoms with Crippen LogP contribution in [0.1, 0.15) is 34.5 Å². The Balaban J connectivity index is 1.31. The molecule has 1 aliphatic rings. The maximum Gasteiger partial charge on any atom is 0.253 e. The molecule has 0 atom stereocenters. The molecule has 5 rings (SSSR count). The summed E-state index contributed by atoms with van der Waals surface area (Å²) in [6.07, 6.45) is 0. The van der Waals surface area contributed by atoms with Crippen molar-refractivity contribution in [2.75, 3.05) is 31.5 Å². The fourth-order valence-electron chi connectivity index (χ4n) is 4.51. The van der Waals surface area contributed by atoms with E-state index in [1.165, 1.54) is 29.4 Å². The molecule has 34 heavy (non-hydrogen) atoms. The molecule has 1 N–H and O–H groups in total. The smallest absolute Gasteiger partial charge is 0.253 e. The van der Waals surface area contributed by atoms with Gasteiger partial charge in [-0.15, -0.1) is 0 Å². The second-order valence-corrected chi connectivity index (χ2v) is 9.47. The van der Waals surface area contributed by atoms with Gasteiger partial charge >= 0.3 is 0 Å². The zero-order chi connectivity index (χ0) is 23.5. The molecular weight excluding hydrogens is 444 g/mol. The van der Waals surface area contributed by atoms with Crippen LogP contribution in [-0.2, 0) is 4.79 Å². The molecule has 3 aromatic carbocycles. The summed E-state index contributed by atoms with van der Waals surface area (Å²) in [5.41, 5.74) is 3.96. The third kappa shape index (κ3) is 4.71. The number of carbonyl (C=O) groups is 2. The van der Waals surface area contributed by atoms with Gasteiger partial charge in [0, 0.05) is 38.7 Å². The lowest BCUT2D eigenvalue weighted by atomic mass is 9.96. The van der Waals surface area contributed by atoms with Gasteiger partial charge in [0.15, 0.2) is 5.13 Å². The minimum absolute atomic E-state index is 0.0343. The molecule has 4 aromatic rings. The van der Waals surface area contributed by atoms with Gasteiger partial charge in [-0.05, 0) is 29.3 Å². The van der Waals surface area contributed by atoms with Crippen molar-refractivity contribution >= 4 is 38.5 Å². The fourth-order valence-corrected chi connectivity index (χ4v) is 5.46. The van der Waals surface area contributed by atoms with E-state index in [4.69, 9.17) is 0 Å². The van der Waals surface area contributed by atoms with Crippen molar-refractivity contribution in [2.45, 2.75) is 13.0 Å². The number of rotatable bonds is 5. The highest BCUT2D eigenvalue weighted by atomic mass is 32.1. The largest absolute Gasteiger partial charge is 0.336 e. The van der Waals surface area contributed by atoms with Crippen molar-refractivity contribution < 1.29 is 9.59 Å². The van der Waals surface area contributed by atoms with Crippen molar-refractivity contribution in [3.63, 3.8) is 0 Å². The van der Waals surface area contributed by atoms with Crippen LogP contribution in [0.3, 0.4) is 0 Å². The molecule has 0 spiro atoms. The van der Waals surface area contributed by atoms with Crippen LogP contribution in [0.4, 0.5) is 5.13 Å². The average molecular weight is 471 g/mol. The Labute approximate surface area is 202 Å². The molecule has 0 aliphatic carbocycles. The van der Waals surface area contributed by atoms with E-state index in [0.29, 0.717) is 23.8 Å². The summed E-state index contributed by atoms with van der Waals surface area (Å²) in [5, 5.41) is 3.27. The number of hydrogen-bond donors (Lipinski definition) is 1. The molecule has 172 valence electrons. The predicted octanol–water partition coefficient (Wildman–Crippen LogP) is 4.80. The lowest BCUT2D eigenvalue weighted by Gasteiger charge is -2.39. The van der Waals surface area contributed by atoms with Crippen LogP contribution < -0.4 is 5.32 Å². The Hall–Kier alpha value is -3.55. The van der Waals surface area contributed by atoms with Gasteiger partial charge in [0.2, 0.25) is 5.91 Å². The second kappa shape index (κ2) is 9.75. The number of thiazole rings is 1. The lowest BCUT2D eigenvalue weighted by Crippen LogP contribution is -2.49. The number of benzene rings is 3. The summed E-state index contributed by atoms with van der Waals surface area (Å²) in [6.45, 7) is 4.41. The van der Waals surface area contributed by atoms with E-state index < -0.39 is 0 Å². The van der Waals surface area contributed by atoms with Gasteiger partial charge in [-0.3, -0.25) is 14.5 Å². The maximum atomic E-state index is 13.3. The first-order valence-corrected chi connectivity index (χ1v) is 12.2. The Morgan fingerprint density at radius 1 is 0.882 bits per heavy atom. The third-order valence-electron chi connectivity index (χ3n) is 6.12. The first-order valence-electron chi connectivity index (χ1n) is 11.4. The number of amides is 2. The van der Waals surface area contributed by atoms with Gasteiger partial charge in [0.25, 0.3) is 5.91 Å². The number of nitrogens with one attached hydrogen (secondary N) is 1. The van der Waals surface area contributed by atoms with Gasteiger partial charge in [-0.25, -0.2) is 4.98 Å². The number of aromatic nitrogens is 1. The van der Waals surface area contributed by atoms with E-state index in [2.05, 4.69) is 63.7 Å². The minimum Gasteiger partial charge on any atom is -0.336 e. The molecule has 7 heteroatoms. The van der Waals surface area contributed by atoms with E-state index >= 15 is 0 Å². The van der Waals surface area contributed by atoms with Crippen LogP contribution in [0.2, 0.25) is 0 Å². The van der Waals surface area contributed by atoms with E-state index in [0.717, 1.165) is 23.3 Å². The Morgan fingerprint density at radius 2 is 1.50 bits per heavy atom. The van der Waals surface area contributed by atoms with Crippen LogP contribution in [0, 0.1) is 0 Å². The van der Waals surface area contributed by atoms with Crippen LogP contribution in [0.25, 0.3) is 10.2 Å². The molecule has 1 saturated heterocycles. The zero-order valence-corrected chi connectivity index (χ0v) is 19.8. The average Bonchev–Trinajstić information content (AvgIpc) is 3.26. The summed E-state index contributed by atoms with van der Waals surface area (Å²) in [5.74, 6) is -0.121. The summed E-state index contributed by atoms with van der Waals surface area (Å²) in [6, 6.07) is 26.8. The van der Waals surface area contributed by atoms with Crippen LogP contribution in [0.5, 0.6) is 0 Å². The standard InChI is InChI=1S/C27H26N4O2S/c1-19(32)28-27-29-23-13-12-22(18-24(23)34-27)26(33)31-16-14-30(15-17-31)25(20-8-4-2-5-9-20)21-10-6-3-7-11-21/h2-13,18,25H,14-17H2,1H3,(H,28,29,32). The monoisotopic (exact) mass is 470 g/mol. The first-order chi connectivity index (χ1) is 16.6. The number of anilines is 1. The van der Waals surface area contributed by atoms with Gasteiger partial charge in [-0.2, -0.15) is 0 Å². The fraction of sp³-hybridized carbons (Fsp3) is 0.222. The molecule has 1 aromatic heterocycles. The molecule has 0 unspecified atom stereocenters. The van der Waals surface area contributed by atoms with Crippen LogP contribution in [-0.4, -0.2) is 52.8 Å². The Morgan fingerprint density at radius 3 is 2.09 bits per heavy atom. The number of carbonyl (C=O) groups excluding carboxylic acids is 2. The molecule has 0 bridgehead atoms. The highest BCUT2D eigenvalue weighted by molar-refractivity contribution is 7.22. The highest BCUT2D eigenvalue weighted by Crippen LogP contribution is 2.30. The van der Waals surface area contributed by atoms with E-state index in [1.54, 1.807) is 0 Å². The first kappa shape index (κ1) is 22.3. The second-order valence-electron chi connectivity index (χ2n) is 8.43. The van der Waals surface area contributed by atoms with Gasteiger partial charge < -0.3 is 10.2 Å². The molecule has 0 radical (unpaired) electrons. The van der Waals surface area contributed by atoms with Crippen molar-refractivity contribution in [2.24, 2.45) is 0 Å². The molecular formula is C27H26N4O2S. The molecule has 2 heterocycles. The summed E-state index contributed by atoms with van der Waals surface area (Å²) in [4.78, 5) is 33.4. The highest BCUT2D eigenvalue weighted by Gasteiger charge is 2.28. The maximum absolute atomic E-state index is 13.3. The Bertz CT molecular complexity index is 1260. The summed E-state index contributed by atoms with van der Waals surface area (Å²) < 4.78 is 0.890. The molecule has 2 amide bonds. The Kier molecular flexibility index (Phi) is 6.38. The number of hydrogen-bond acceptors (Lipinski definition) is 5. The van der Waals surface area contributed by atoms with Crippen molar-refractivity contribution in [3.05, 3.63) is 95.6 Å². The van der Waals surface area contributed by atoms with Crippen molar-refractivity contribution in [1.29, 1.82) is 0 Å². The normalized spacial score (nSPS) is 14.5. The van der Waals surface area contributed by atoms with E-state index in [1.807, 2.05) is 35.2 Å². The minimum atomic E-state index is -0.155. The van der Waals surface area contributed by atoms with Crippen molar-refractivity contribution in [3.8, 4) is 0 Å². The number of nitrogens with zero attached hydrogens (tertiary/aromatic N) is 3. The molecule has 1 fully saturated rings. The molecule has 0 saturated carbocycles. The predicted molar refractivity (Wildman–Crippen MR) is 136 cm³/mol. The van der Waals surface area contributed by atoms with Gasteiger partial charge in [0.1, 0.15) is 0 Å². The van der Waals surface area contributed by atoms with Gasteiger partial charge in [0.05, 0.1) is 16.3 Å². The summed E-state index contributed by atoms with van der Waals surface area (Å²) in [7, 11) is 0. The lowest BCUT2D eigenvalue weighted by molar-refractivity contribution is -0.114. The third-order valence-corrected chi connectivity index (χ3v) is 7.05. The van der Waals surface area contributed by atoms with E-state index in [9.17, 15) is 9.59 Å². The van der Waals surface area contributed by atoms with Crippen LogP contribution in [0.15, 0.2) is 78.9 Å². The topological polar surface area (TPSA) is 65.5 Å². The SMILES string of the molecule is CC(=O)Nc1nc2ccc(C(=O)N3CCN(C(c4ccccc4)c4ccccc4)CC3)cc2s1. The number of piperazine rings is 1. The molecule has 1 aliphatic heterocycles. The molecule has 6 nitrogen and oxygen atoms in total.